The smallest absolute Gasteiger partial charge is 0.417 e. The van der Waals surface area contributed by atoms with Gasteiger partial charge in [0.2, 0.25) is 0 Å². The van der Waals surface area contributed by atoms with E-state index in [1.807, 2.05) is 0 Å². The van der Waals surface area contributed by atoms with Gasteiger partial charge in [0.05, 0.1) is 17.7 Å². The van der Waals surface area contributed by atoms with Gasteiger partial charge in [0.25, 0.3) is 0 Å². The first-order chi connectivity index (χ1) is 10.4. The maximum absolute atomic E-state index is 12.8. The second-order valence-corrected chi connectivity index (χ2v) is 4.94. The normalized spacial score (nSPS) is 11.9. The molecule has 4 nitrogen and oxygen atoms in total. The molecule has 22 heavy (non-hydrogen) atoms. The van der Waals surface area contributed by atoms with Crippen LogP contribution in [0.4, 0.5) is 13.2 Å². The van der Waals surface area contributed by atoms with Crippen molar-refractivity contribution in [3.63, 3.8) is 0 Å². The molecular weight excluding hydrogens is 319 g/mol. The molecule has 1 aromatic carbocycles. The van der Waals surface area contributed by atoms with Crippen LogP contribution in [0.2, 0.25) is 5.02 Å². The molecule has 3 rings (SSSR count). The van der Waals surface area contributed by atoms with E-state index in [9.17, 15) is 13.2 Å². The lowest BCUT2D eigenvalue weighted by Gasteiger charge is -2.08. The summed E-state index contributed by atoms with van der Waals surface area (Å²) in [5.41, 5.74) is 0.523. The number of nitrogens with zero attached hydrogens (tertiary/aromatic N) is 3. The molecule has 114 valence electrons. The lowest BCUT2D eigenvalue weighted by atomic mass is 10.1. The van der Waals surface area contributed by atoms with Gasteiger partial charge in [-0.15, -0.1) is 5.10 Å². The van der Waals surface area contributed by atoms with Crippen LogP contribution >= 0.6 is 11.6 Å². The second kappa shape index (κ2) is 5.17. The minimum atomic E-state index is -4.50. The zero-order valence-corrected chi connectivity index (χ0v) is 12.0. The van der Waals surface area contributed by atoms with E-state index in [4.69, 9.17) is 16.3 Å². The third-order valence-corrected chi connectivity index (χ3v) is 3.44. The van der Waals surface area contributed by atoms with Gasteiger partial charge < -0.3 is 4.74 Å². The van der Waals surface area contributed by atoms with Gasteiger partial charge in [-0.1, -0.05) is 16.8 Å². The predicted octanol–water partition coefficient (Wildman–Crippen LogP) is 4.08. The summed E-state index contributed by atoms with van der Waals surface area (Å²) < 4.78 is 44.4. The predicted molar refractivity (Wildman–Crippen MR) is 75.0 cm³/mol. The van der Waals surface area contributed by atoms with Crippen LogP contribution < -0.4 is 4.74 Å². The maximum Gasteiger partial charge on any atom is 0.417 e. The van der Waals surface area contributed by atoms with E-state index >= 15 is 0 Å². The molecule has 2 aromatic heterocycles. The average Bonchev–Trinajstić information content (AvgIpc) is 2.91. The number of halogens is 4. The molecule has 0 saturated heterocycles. The molecule has 0 aliphatic carbocycles. The number of pyridine rings is 1. The molecule has 0 radical (unpaired) electrons. The Morgan fingerprint density at radius 2 is 1.86 bits per heavy atom. The van der Waals surface area contributed by atoms with Crippen LogP contribution in [0.5, 0.6) is 5.75 Å². The van der Waals surface area contributed by atoms with Crippen molar-refractivity contribution >= 4 is 17.1 Å². The Bertz CT molecular complexity index is 828. The topological polar surface area (TPSA) is 39.4 Å². The van der Waals surface area contributed by atoms with Gasteiger partial charge in [0.1, 0.15) is 17.0 Å². The Kier molecular flexibility index (Phi) is 3.44. The third-order valence-electron chi connectivity index (χ3n) is 3.16. The van der Waals surface area contributed by atoms with Crippen molar-refractivity contribution in [2.45, 2.75) is 6.18 Å². The van der Waals surface area contributed by atoms with Crippen molar-refractivity contribution in [2.24, 2.45) is 0 Å². The molecule has 0 N–H and O–H groups in total. The molecule has 3 aromatic rings. The van der Waals surface area contributed by atoms with Gasteiger partial charge in [0, 0.05) is 11.8 Å². The molecule has 0 saturated carbocycles. The Balaban J connectivity index is 2.16. The van der Waals surface area contributed by atoms with E-state index < -0.39 is 11.7 Å². The first kappa shape index (κ1) is 14.6. The quantitative estimate of drug-likeness (QED) is 0.712. The van der Waals surface area contributed by atoms with Crippen LogP contribution in [0.1, 0.15) is 5.56 Å². The lowest BCUT2D eigenvalue weighted by molar-refractivity contribution is -0.137. The first-order valence-corrected chi connectivity index (χ1v) is 6.54. The first-order valence-electron chi connectivity index (χ1n) is 6.16. The van der Waals surface area contributed by atoms with E-state index in [1.165, 1.54) is 7.11 Å². The lowest BCUT2D eigenvalue weighted by Crippen LogP contribution is -2.07. The third kappa shape index (κ3) is 2.48. The van der Waals surface area contributed by atoms with Gasteiger partial charge in [-0.3, -0.25) is 0 Å². The van der Waals surface area contributed by atoms with Crippen molar-refractivity contribution in [3.05, 3.63) is 47.1 Å². The van der Waals surface area contributed by atoms with Gasteiger partial charge in [-0.05, 0) is 30.3 Å². The average molecular weight is 328 g/mol. The number of benzene rings is 1. The highest BCUT2D eigenvalue weighted by Gasteiger charge is 2.32. The van der Waals surface area contributed by atoms with Gasteiger partial charge >= 0.3 is 6.18 Å². The summed E-state index contributed by atoms with van der Waals surface area (Å²) in [5.74, 6) is 0.658. The van der Waals surface area contributed by atoms with Gasteiger partial charge in [-0.25, -0.2) is 4.52 Å². The number of fused-ring (bicyclic) bond motifs is 1. The van der Waals surface area contributed by atoms with Crippen molar-refractivity contribution in [1.29, 1.82) is 0 Å². The molecule has 0 spiro atoms. The largest absolute Gasteiger partial charge is 0.497 e. The van der Waals surface area contributed by atoms with Crippen molar-refractivity contribution in [1.82, 2.24) is 14.8 Å². The molecule has 0 unspecified atom stereocenters. The molecule has 2 heterocycles. The van der Waals surface area contributed by atoms with Crippen molar-refractivity contribution in [2.75, 3.05) is 7.11 Å². The van der Waals surface area contributed by atoms with Crippen molar-refractivity contribution in [3.8, 4) is 17.0 Å². The summed E-state index contributed by atoms with van der Waals surface area (Å²) in [5, 5.41) is 7.58. The Morgan fingerprint density at radius 1 is 1.18 bits per heavy atom. The van der Waals surface area contributed by atoms with Crippen LogP contribution in [0.15, 0.2) is 36.5 Å². The van der Waals surface area contributed by atoms with Crippen LogP contribution in [0.3, 0.4) is 0 Å². The summed E-state index contributed by atoms with van der Waals surface area (Å²) >= 11 is 6.00. The Labute approximate surface area is 128 Å². The summed E-state index contributed by atoms with van der Waals surface area (Å²) in [7, 11) is 1.54. The second-order valence-electron chi connectivity index (χ2n) is 4.53. The molecule has 0 aliphatic rings. The zero-order valence-electron chi connectivity index (χ0n) is 11.2. The number of hydrogen-bond acceptors (Lipinski definition) is 3. The molecule has 0 atom stereocenters. The zero-order chi connectivity index (χ0) is 15.9. The SMILES string of the molecule is COc1ccc(-c2nnn3cc(C(F)(F)F)cc(Cl)c23)cc1. The summed E-state index contributed by atoms with van der Waals surface area (Å²) in [4.78, 5) is 0. The number of alkyl halides is 3. The maximum atomic E-state index is 12.8. The summed E-state index contributed by atoms with van der Waals surface area (Å²) in [6, 6.07) is 7.78. The fourth-order valence-corrected chi connectivity index (χ4v) is 2.37. The molecule has 0 fully saturated rings. The van der Waals surface area contributed by atoms with E-state index in [-0.39, 0.29) is 5.02 Å². The highest BCUT2D eigenvalue weighted by Crippen LogP contribution is 2.35. The number of aromatic nitrogens is 3. The fraction of sp³-hybridized carbons (Fsp3) is 0.143. The number of methoxy groups -OCH3 is 1. The molecular formula is C14H9ClF3N3O. The van der Waals surface area contributed by atoms with Crippen LogP contribution in [-0.2, 0) is 6.18 Å². The summed E-state index contributed by atoms with van der Waals surface area (Å²) in [6.45, 7) is 0. The van der Waals surface area contributed by atoms with Crippen LogP contribution in [-0.4, -0.2) is 21.9 Å². The number of ether oxygens (including phenoxy) is 1. The fourth-order valence-electron chi connectivity index (χ4n) is 2.08. The highest BCUT2D eigenvalue weighted by molar-refractivity contribution is 6.34. The van der Waals surface area contributed by atoms with E-state index in [0.29, 0.717) is 22.5 Å². The van der Waals surface area contributed by atoms with Crippen LogP contribution in [0.25, 0.3) is 16.8 Å². The number of hydrogen-bond donors (Lipinski definition) is 0. The minimum absolute atomic E-state index is 0.0642. The molecule has 8 heteroatoms. The Hall–Kier alpha value is -2.28. The van der Waals surface area contributed by atoms with E-state index in [1.54, 1.807) is 24.3 Å². The van der Waals surface area contributed by atoms with E-state index in [0.717, 1.165) is 16.8 Å². The number of rotatable bonds is 2. The van der Waals surface area contributed by atoms with Gasteiger partial charge in [-0.2, -0.15) is 13.2 Å². The van der Waals surface area contributed by atoms with E-state index in [2.05, 4.69) is 10.3 Å². The minimum Gasteiger partial charge on any atom is -0.497 e. The standard InChI is InChI=1S/C14H9ClF3N3O/c1-22-10-4-2-8(3-5-10)12-13-11(15)6-9(14(16,17)18)7-21(13)20-19-12/h2-7H,1H3. The molecule has 0 aliphatic heterocycles. The molecule has 0 amide bonds. The monoisotopic (exact) mass is 327 g/mol. The van der Waals surface area contributed by atoms with Gasteiger partial charge in [0.15, 0.2) is 0 Å². The molecule has 0 bridgehead atoms. The van der Waals surface area contributed by atoms with Crippen LogP contribution in [0, 0.1) is 0 Å². The van der Waals surface area contributed by atoms with Crippen molar-refractivity contribution < 1.29 is 17.9 Å². The Morgan fingerprint density at radius 3 is 2.45 bits per heavy atom. The summed E-state index contributed by atoms with van der Waals surface area (Å²) in [6.07, 6.45) is -3.63. The highest BCUT2D eigenvalue weighted by atomic mass is 35.5.